The van der Waals surface area contributed by atoms with Gasteiger partial charge in [0, 0.05) is 42.7 Å². The average Bonchev–Trinajstić information content (AvgIpc) is 2.73. The summed E-state index contributed by atoms with van der Waals surface area (Å²) in [6.07, 6.45) is 0. The van der Waals surface area contributed by atoms with Gasteiger partial charge in [0.25, 0.3) is 0 Å². The molecule has 1 unspecified atom stereocenters. The Bertz CT molecular complexity index is 764. The Labute approximate surface area is 199 Å². The van der Waals surface area contributed by atoms with E-state index in [0.29, 0.717) is 17.3 Å². The van der Waals surface area contributed by atoms with Crippen molar-refractivity contribution in [2.24, 2.45) is 20.5 Å². The molecule has 15 nitrogen and oxygen atoms in total. The first-order valence-corrected chi connectivity index (χ1v) is 15.2. The minimum Gasteiger partial charge on any atom is -0.306 e. The third kappa shape index (κ3) is 15.2. The maximum Gasteiger partial charge on any atom is 0.153 e. The molecule has 0 aromatic carbocycles. The van der Waals surface area contributed by atoms with Gasteiger partial charge < -0.3 is 4.55 Å². The van der Waals surface area contributed by atoms with Crippen molar-refractivity contribution >= 4 is 65.9 Å². The van der Waals surface area contributed by atoms with Crippen LogP contribution in [0.25, 0.3) is 41.8 Å². The lowest BCUT2D eigenvalue weighted by molar-refractivity contribution is 0.540. The highest BCUT2D eigenvalue weighted by atomic mass is 33.1. The lowest BCUT2D eigenvalue weighted by Gasteiger charge is -2.16. The van der Waals surface area contributed by atoms with Gasteiger partial charge in [-0.2, -0.15) is 0 Å². The Kier molecular flexibility index (Phi) is 19.8. The summed E-state index contributed by atoms with van der Waals surface area (Å²) in [6, 6.07) is -3.01. The molecule has 0 bridgehead atoms. The summed E-state index contributed by atoms with van der Waals surface area (Å²) in [6.45, 7) is 0. The summed E-state index contributed by atoms with van der Waals surface area (Å²) in [5, 5.41) is 14.1. The van der Waals surface area contributed by atoms with Crippen molar-refractivity contribution in [1.82, 2.24) is 0 Å². The molecule has 1 N–H and O–H groups in total. The predicted molar refractivity (Wildman–Crippen MR) is 130 cm³/mol. The Hall–Kier alpha value is -1.23. The topological polar surface area (TPSA) is 249 Å². The number of hydrogen-bond donors (Lipinski definition) is 1. The van der Waals surface area contributed by atoms with E-state index in [-0.39, 0.29) is 23.2 Å². The van der Waals surface area contributed by atoms with E-state index < -0.39 is 35.2 Å². The Morgan fingerprint density at radius 1 is 0.710 bits per heavy atom. The molecule has 0 saturated heterocycles. The van der Waals surface area contributed by atoms with Crippen LogP contribution >= 0.6 is 43.2 Å². The van der Waals surface area contributed by atoms with Gasteiger partial charge in [0.1, 0.15) is 0 Å². The first kappa shape index (κ1) is 29.8. The first-order valence-electron chi connectivity index (χ1n) is 8.01. The molecule has 171 valence electrons. The van der Waals surface area contributed by atoms with E-state index in [9.17, 15) is 8.42 Å². The molecule has 0 amide bonds. The van der Waals surface area contributed by atoms with Crippen LogP contribution in [0.5, 0.6) is 0 Å². The molecule has 0 aliphatic heterocycles. The summed E-state index contributed by atoms with van der Waals surface area (Å²) in [7, 11) is 5.80. The highest BCUT2D eigenvalue weighted by Crippen LogP contribution is 2.30. The van der Waals surface area contributed by atoms with Crippen molar-refractivity contribution in [1.29, 1.82) is 0 Å². The van der Waals surface area contributed by atoms with Gasteiger partial charge in [0.2, 0.25) is 0 Å². The third-order valence-corrected chi connectivity index (χ3v) is 9.34. The van der Waals surface area contributed by atoms with Crippen molar-refractivity contribution in [3.8, 4) is 0 Å². The highest BCUT2D eigenvalue weighted by Gasteiger charge is 2.22. The smallest absolute Gasteiger partial charge is 0.153 e. The number of nitrogens with zero attached hydrogens (tertiary/aromatic N) is 12. The van der Waals surface area contributed by atoms with Crippen LogP contribution in [0.4, 0.5) is 0 Å². The standard InChI is InChI=1S/C10H17N12O3S6/c11-19-15-7(3-26-23)8(16-20-12)4-29-27-1-2-28-30-5-9(17-21-13)10(18-22-14)6-31(24)25/h7-10H,1-6H2,(H,24,25)/t7-,8-,9-,10-/m0/s1. The van der Waals surface area contributed by atoms with Gasteiger partial charge in [0.15, 0.2) is 11.1 Å². The average molecular weight is 546 g/mol. The molecular weight excluding hydrogens is 529 g/mol. The van der Waals surface area contributed by atoms with Crippen LogP contribution in [0.1, 0.15) is 0 Å². The zero-order valence-electron chi connectivity index (χ0n) is 15.6. The molecule has 0 rings (SSSR count). The predicted octanol–water partition coefficient (Wildman–Crippen LogP) is 4.90. The van der Waals surface area contributed by atoms with Gasteiger partial charge in [-0.05, 0) is 22.1 Å². The number of hydrogen-bond acceptors (Lipinski definition) is 10. The van der Waals surface area contributed by atoms with E-state index in [0.717, 1.165) is 5.75 Å². The molecule has 5 atom stereocenters. The quantitative estimate of drug-likeness (QED) is 0.0585. The van der Waals surface area contributed by atoms with Crippen molar-refractivity contribution in [3.63, 3.8) is 0 Å². The largest absolute Gasteiger partial charge is 0.306 e. The van der Waals surface area contributed by atoms with Gasteiger partial charge in [-0.15, -0.1) is 0 Å². The van der Waals surface area contributed by atoms with Crippen molar-refractivity contribution in [2.75, 3.05) is 34.5 Å². The van der Waals surface area contributed by atoms with Gasteiger partial charge >= 0.3 is 0 Å². The van der Waals surface area contributed by atoms with E-state index in [1.165, 1.54) is 43.2 Å². The molecule has 0 spiro atoms. The summed E-state index contributed by atoms with van der Waals surface area (Å²) in [5.74, 6) is 1.80. The van der Waals surface area contributed by atoms with E-state index in [1.807, 2.05) is 0 Å². The second-order valence-corrected chi connectivity index (χ2v) is 11.9. The summed E-state index contributed by atoms with van der Waals surface area (Å²) >= 11 is -1.93. The van der Waals surface area contributed by atoms with E-state index in [4.69, 9.17) is 26.7 Å². The molecule has 21 heteroatoms. The second-order valence-electron chi connectivity index (χ2n) is 5.07. The maximum absolute atomic E-state index is 11.0. The molecular formula is C10H17N12O3S6. The number of azide groups is 4. The zero-order chi connectivity index (χ0) is 23.3. The molecule has 0 aliphatic rings. The SMILES string of the molecule is [N-]=[N+]=N[C@@H](CSSCCSSC[C@H](N=[N+]=[N-])[C@H](CS(=O)O)N=[N+]=[N-])[C@H](C[S]=O)N=[N+]=[N-]. The van der Waals surface area contributed by atoms with Crippen LogP contribution in [0.3, 0.4) is 0 Å². The van der Waals surface area contributed by atoms with Crippen LogP contribution < -0.4 is 0 Å². The Morgan fingerprint density at radius 3 is 1.48 bits per heavy atom. The van der Waals surface area contributed by atoms with Gasteiger partial charge in [0.05, 0.1) is 47.3 Å². The summed E-state index contributed by atoms with van der Waals surface area (Å²) < 4.78 is 30.7. The molecule has 0 aromatic rings. The fraction of sp³-hybridized carbons (Fsp3) is 1.00. The highest BCUT2D eigenvalue weighted by molar-refractivity contribution is 8.78. The third-order valence-electron chi connectivity index (χ3n) is 3.13. The molecule has 0 fully saturated rings. The molecule has 0 saturated carbocycles. The molecule has 0 aromatic heterocycles. The molecule has 0 aliphatic carbocycles. The Morgan fingerprint density at radius 2 is 1.10 bits per heavy atom. The fourth-order valence-electron chi connectivity index (χ4n) is 1.79. The Balaban J connectivity index is 4.36. The first-order chi connectivity index (χ1) is 15.0. The second kappa shape index (κ2) is 20.7. The van der Waals surface area contributed by atoms with Crippen LogP contribution in [0, 0.1) is 0 Å². The lowest BCUT2D eigenvalue weighted by atomic mass is 10.2. The van der Waals surface area contributed by atoms with Crippen LogP contribution in [-0.2, 0) is 22.7 Å². The van der Waals surface area contributed by atoms with Crippen LogP contribution in [0.2, 0.25) is 0 Å². The molecule has 31 heavy (non-hydrogen) atoms. The van der Waals surface area contributed by atoms with Crippen molar-refractivity contribution in [3.05, 3.63) is 41.8 Å². The molecule has 1 radical (unpaired) electrons. The van der Waals surface area contributed by atoms with E-state index in [1.54, 1.807) is 0 Å². The summed E-state index contributed by atoms with van der Waals surface area (Å²) in [5.41, 5.74) is 34.5. The normalized spacial score (nSPS) is 14.9. The van der Waals surface area contributed by atoms with Crippen LogP contribution in [-0.4, -0.2) is 71.7 Å². The lowest BCUT2D eigenvalue weighted by Crippen LogP contribution is -2.29. The van der Waals surface area contributed by atoms with Crippen molar-refractivity contribution in [2.45, 2.75) is 24.2 Å². The maximum atomic E-state index is 11.0. The van der Waals surface area contributed by atoms with Gasteiger partial charge in [-0.25, -0.2) is 8.42 Å². The monoisotopic (exact) mass is 545 g/mol. The van der Waals surface area contributed by atoms with Crippen molar-refractivity contribution < 1.29 is 13.0 Å². The van der Waals surface area contributed by atoms with Crippen LogP contribution in [0.15, 0.2) is 20.5 Å². The van der Waals surface area contributed by atoms with E-state index in [2.05, 4.69) is 40.1 Å². The zero-order valence-corrected chi connectivity index (χ0v) is 20.5. The number of rotatable bonds is 19. The molecule has 0 heterocycles. The minimum absolute atomic E-state index is 0.0124. The minimum atomic E-state index is -2.19. The van der Waals surface area contributed by atoms with E-state index >= 15 is 0 Å². The van der Waals surface area contributed by atoms with Gasteiger partial charge in [-0.1, -0.05) is 63.6 Å². The fourth-order valence-corrected chi connectivity index (χ4v) is 7.97. The van der Waals surface area contributed by atoms with Gasteiger partial charge in [-0.3, -0.25) is 0 Å². The summed E-state index contributed by atoms with van der Waals surface area (Å²) in [4.78, 5) is 10.8.